The van der Waals surface area contributed by atoms with Crippen molar-refractivity contribution in [3.05, 3.63) is 58.4 Å². The molecule has 1 aromatic heterocycles. The van der Waals surface area contributed by atoms with Crippen LogP contribution in [0.15, 0.2) is 30.3 Å². The van der Waals surface area contributed by atoms with Crippen molar-refractivity contribution in [1.29, 1.82) is 0 Å². The maximum atomic E-state index is 12.9. The average Bonchev–Trinajstić information content (AvgIpc) is 2.86. The molecule has 2 atom stereocenters. The van der Waals surface area contributed by atoms with Crippen molar-refractivity contribution in [3.63, 3.8) is 0 Å². The molecule has 0 spiro atoms. The molecule has 0 bridgehead atoms. The summed E-state index contributed by atoms with van der Waals surface area (Å²) < 4.78 is 0. The Hall–Kier alpha value is -2.20. The summed E-state index contributed by atoms with van der Waals surface area (Å²) in [4.78, 5) is 27.8. The summed E-state index contributed by atoms with van der Waals surface area (Å²) in [5, 5.41) is 3.46. The van der Waals surface area contributed by atoms with E-state index in [0.29, 0.717) is 17.2 Å². The third-order valence-corrected chi connectivity index (χ3v) is 4.68. The van der Waals surface area contributed by atoms with E-state index in [0.717, 1.165) is 11.3 Å². The molecule has 0 radical (unpaired) electrons. The van der Waals surface area contributed by atoms with Gasteiger partial charge in [-0.1, -0.05) is 44.2 Å². The highest BCUT2D eigenvalue weighted by Crippen LogP contribution is 2.24. The van der Waals surface area contributed by atoms with Crippen molar-refractivity contribution < 1.29 is 9.59 Å². The fourth-order valence-corrected chi connectivity index (χ4v) is 3.42. The number of benzene rings is 1. The Bertz CT molecular complexity index is 760. The number of aromatic amines is 1. The summed E-state index contributed by atoms with van der Waals surface area (Å²) in [6.07, 6.45) is 0. The van der Waals surface area contributed by atoms with E-state index in [1.165, 1.54) is 12.5 Å². The molecular weight excluding hydrogens is 312 g/mol. The van der Waals surface area contributed by atoms with Gasteiger partial charge in [-0.15, -0.1) is 0 Å². The summed E-state index contributed by atoms with van der Waals surface area (Å²) in [6.45, 7) is 11.4. The van der Waals surface area contributed by atoms with Gasteiger partial charge in [0, 0.05) is 17.3 Å². The molecule has 0 amide bonds. The first-order valence-corrected chi connectivity index (χ1v) is 8.79. The van der Waals surface area contributed by atoms with Crippen molar-refractivity contribution in [1.82, 2.24) is 10.3 Å². The molecule has 1 aromatic carbocycles. The normalized spacial score (nSPS) is 13.7. The number of nitrogens with one attached hydrogen (secondary N) is 2. The van der Waals surface area contributed by atoms with Crippen LogP contribution in [-0.2, 0) is 0 Å². The van der Waals surface area contributed by atoms with Crippen LogP contribution in [0.4, 0.5) is 0 Å². The average molecular weight is 340 g/mol. The van der Waals surface area contributed by atoms with Gasteiger partial charge in [0.05, 0.1) is 11.7 Å². The number of aryl methyl sites for hydroxylation is 1. The monoisotopic (exact) mass is 340 g/mol. The second-order valence-electron chi connectivity index (χ2n) is 7.07. The predicted octanol–water partition coefficient (Wildman–Crippen LogP) is 4.39. The minimum Gasteiger partial charge on any atom is -0.355 e. The van der Waals surface area contributed by atoms with Crippen LogP contribution < -0.4 is 5.32 Å². The Morgan fingerprint density at radius 2 is 1.64 bits per heavy atom. The summed E-state index contributed by atoms with van der Waals surface area (Å²) >= 11 is 0. The van der Waals surface area contributed by atoms with Crippen LogP contribution in [0.2, 0.25) is 0 Å². The summed E-state index contributed by atoms with van der Waals surface area (Å²) in [6, 6.07) is 9.89. The molecule has 2 rings (SSSR count). The summed E-state index contributed by atoms with van der Waals surface area (Å²) in [5.74, 6) is 0.307. The van der Waals surface area contributed by atoms with Gasteiger partial charge in [-0.25, -0.2) is 0 Å². The van der Waals surface area contributed by atoms with Crippen molar-refractivity contribution in [3.8, 4) is 0 Å². The van der Waals surface area contributed by atoms with Gasteiger partial charge in [-0.3, -0.25) is 9.59 Å². The number of H-pyrrole nitrogens is 1. The number of carbonyl (C=O) groups is 2. The molecule has 4 heteroatoms. The highest BCUT2D eigenvalue weighted by Gasteiger charge is 2.26. The van der Waals surface area contributed by atoms with E-state index < -0.39 is 0 Å². The fourth-order valence-electron chi connectivity index (χ4n) is 3.42. The van der Waals surface area contributed by atoms with Gasteiger partial charge >= 0.3 is 0 Å². The number of Topliss-reactive ketones (excluding diaryl/α,β-unsaturated/α-hetero) is 2. The quantitative estimate of drug-likeness (QED) is 0.735. The van der Waals surface area contributed by atoms with Gasteiger partial charge in [0.25, 0.3) is 0 Å². The van der Waals surface area contributed by atoms with Crippen molar-refractivity contribution in [2.24, 2.45) is 5.92 Å². The van der Waals surface area contributed by atoms with Crippen LogP contribution >= 0.6 is 0 Å². The van der Waals surface area contributed by atoms with Gasteiger partial charge in [0.2, 0.25) is 0 Å². The number of carbonyl (C=O) groups excluding carboxylic acids is 2. The lowest BCUT2D eigenvalue weighted by molar-refractivity contribution is 0.0934. The molecule has 1 heterocycles. The van der Waals surface area contributed by atoms with E-state index in [-0.39, 0.29) is 23.7 Å². The number of rotatable bonds is 7. The molecule has 134 valence electrons. The van der Waals surface area contributed by atoms with Crippen LogP contribution in [0.3, 0.4) is 0 Å². The molecule has 0 aliphatic heterocycles. The van der Waals surface area contributed by atoms with Gasteiger partial charge < -0.3 is 10.3 Å². The minimum atomic E-state index is -0.357. The number of hydrogen-bond donors (Lipinski definition) is 2. The molecule has 4 nitrogen and oxygen atoms in total. The molecule has 25 heavy (non-hydrogen) atoms. The van der Waals surface area contributed by atoms with E-state index in [9.17, 15) is 9.59 Å². The van der Waals surface area contributed by atoms with Gasteiger partial charge in [0.15, 0.2) is 11.6 Å². The molecular formula is C21H28N2O2. The summed E-state index contributed by atoms with van der Waals surface area (Å²) in [5.41, 5.74) is 3.81. The molecule has 0 aliphatic rings. The number of aromatic nitrogens is 1. The number of ketones is 2. The third kappa shape index (κ3) is 4.07. The van der Waals surface area contributed by atoms with Gasteiger partial charge in [-0.2, -0.15) is 0 Å². The molecule has 0 fully saturated rings. The van der Waals surface area contributed by atoms with Crippen LogP contribution in [0.25, 0.3) is 0 Å². The predicted molar refractivity (Wildman–Crippen MR) is 101 cm³/mol. The van der Waals surface area contributed by atoms with Crippen LogP contribution in [0, 0.1) is 19.8 Å². The Morgan fingerprint density at radius 1 is 1.04 bits per heavy atom. The largest absolute Gasteiger partial charge is 0.355 e. The Kier molecular flexibility index (Phi) is 5.96. The van der Waals surface area contributed by atoms with Gasteiger partial charge in [-0.05, 0) is 44.7 Å². The maximum Gasteiger partial charge on any atom is 0.195 e. The first-order chi connectivity index (χ1) is 11.7. The topological polar surface area (TPSA) is 62.0 Å². The Morgan fingerprint density at radius 3 is 2.12 bits per heavy atom. The molecule has 0 unspecified atom stereocenters. The van der Waals surface area contributed by atoms with Crippen molar-refractivity contribution in [2.75, 3.05) is 0 Å². The first kappa shape index (κ1) is 19.1. The van der Waals surface area contributed by atoms with Gasteiger partial charge in [0.1, 0.15) is 0 Å². The molecule has 0 aliphatic carbocycles. The molecule has 0 saturated heterocycles. The lowest BCUT2D eigenvalue weighted by Crippen LogP contribution is -2.39. The standard InChI is InChI=1S/C21H28N2O2/c1-12(2)19(17-10-8-7-9-11-17)23-15(5)21(25)20-13(3)18(16(6)24)14(4)22-20/h7-12,15,19,22-23H,1-6H3/t15-,19+/m1/s1. The van der Waals surface area contributed by atoms with Crippen LogP contribution in [-0.4, -0.2) is 22.6 Å². The Balaban J connectivity index is 2.25. The van der Waals surface area contributed by atoms with E-state index in [1.54, 1.807) is 0 Å². The second-order valence-corrected chi connectivity index (χ2v) is 7.07. The maximum absolute atomic E-state index is 12.9. The highest BCUT2D eigenvalue weighted by atomic mass is 16.1. The first-order valence-electron chi connectivity index (χ1n) is 8.79. The third-order valence-electron chi connectivity index (χ3n) is 4.68. The minimum absolute atomic E-state index is 0.0183. The zero-order valence-electron chi connectivity index (χ0n) is 15.9. The summed E-state index contributed by atoms with van der Waals surface area (Å²) in [7, 11) is 0. The molecule has 2 N–H and O–H groups in total. The van der Waals surface area contributed by atoms with Crippen molar-refractivity contribution in [2.45, 2.75) is 53.6 Å². The molecule has 2 aromatic rings. The molecule has 0 saturated carbocycles. The number of hydrogen-bond acceptors (Lipinski definition) is 3. The second kappa shape index (κ2) is 7.79. The lowest BCUT2D eigenvalue weighted by Gasteiger charge is -2.26. The van der Waals surface area contributed by atoms with Crippen LogP contribution in [0.5, 0.6) is 0 Å². The van der Waals surface area contributed by atoms with Crippen LogP contribution in [0.1, 0.15) is 71.4 Å². The van der Waals surface area contributed by atoms with E-state index >= 15 is 0 Å². The smallest absolute Gasteiger partial charge is 0.195 e. The zero-order chi connectivity index (χ0) is 18.7. The SMILES string of the molecule is CC(=O)c1c(C)[nH]c(C(=O)[C@@H](C)N[C@H](c2ccccc2)C(C)C)c1C. The van der Waals surface area contributed by atoms with Crippen molar-refractivity contribution >= 4 is 11.6 Å². The van der Waals surface area contributed by atoms with E-state index in [1.807, 2.05) is 39.0 Å². The van der Waals surface area contributed by atoms with E-state index in [2.05, 4.69) is 36.3 Å². The highest BCUT2D eigenvalue weighted by molar-refractivity contribution is 6.05. The fraction of sp³-hybridized carbons (Fsp3) is 0.429. The van der Waals surface area contributed by atoms with E-state index in [4.69, 9.17) is 0 Å². The Labute approximate surface area is 150 Å². The lowest BCUT2D eigenvalue weighted by atomic mass is 9.94. The zero-order valence-corrected chi connectivity index (χ0v) is 15.9.